The van der Waals surface area contributed by atoms with E-state index in [1.54, 1.807) is 6.20 Å². The van der Waals surface area contributed by atoms with Gasteiger partial charge in [-0.2, -0.15) is 5.26 Å². The van der Waals surface area contributed by atoms with Gasteiger partial charge in [0.25, 0.3) is 5.56 Å². The van der Waals surface area contributed by atoms with Crippen LogP contribution in [0.2, 0.25) is 0 Å². The second-order valence-corrected chi connectivity index (χ2v) is 7.42. The van der Waals surface area contributed by atoms with Gasteiger partial charge >= 0.3 is 0 Å². The van der Waals surface area contributed by atoms with Gasteiger partial charge in [-0.3, -0.25) is 9.69 Å². The Hall–Kier alpha value is -3.50. The lowest BCUT2D eigenvalue weighted by molar-refractivity contribution is 0.249. The molecule has 4 rings (SSSR count). The smallest absolute Gasteiger partial charge is 0.251 e. The first-order chi connectivity index (χ1) is 14.6. The van der Waals surface area contributed by atoms with Crippen molar-refractivity contribution in [2.75, 3.05) is 31.1 Å². The molecule has 0 radical (unpaired) electrons. The lowest BCUT2D eigenvalue weighted by atomic mass is 10.1. The van der Waals surface area contributed by atoms with Crippen molar-refractivity contribution in [2.24, 2.45) is 0 Å². The second kappa shape index (κ2) is 8.89. The van der Waals surface area contributed by atoms with E-state index in [-0.39, 0.29) is 5.56 Å². The van der Waals surface area contributed by atoms with Crippen LogP contribution in [0.1, 0.15) is 23.7 Å². The molecule has 0 spiro atoms. The van der Waals surface area contributed by atoms with Crippen LogP contribution in [0.15, 0.2) is 53.5 Å². The number of piperazine rings is 1. The quantitative estimate of drug-likeness (QED) is 0.708. The third kappa shape index (κ3) is 4.56. The molecule has 3 heterocycles. The fourth-order valence-corrected chi connectivity index (χ4v) is 3.62. The maximum atomic E-state index is 11.8. The zero-order valence-electron chi connectivity index (χ0n) is 17.0. The summed E-state index contributed by atoms with van der Waals surface area (Å²) in [5.74, 6) is 1.50. The van der Waals surface area contributed by atoms with Gasteiger partial charge in [-0.05, 0) is 36.2 Å². The minimum atomic E-state index is -0.140. The summed E-state index contributed by atoms with van der Waals surface area (Å²) in [6, 6.07) is 15.4. The minimum absolute atomic E-state index is 0.140. The second-order valence-electron chi connectivity index (χ2n) is 7.42. The third-order valence-corrected chi connectivity index (χ3v) is 5.36. The molecule has 1 N–H and O–H groups in total. The summed E-state index contributed by atoms with van der Waals surface area (Å²) >= 11 is 0. The van der Waals surface area contributed by atoms with E-state index in [1.165, 1.54) is 11.6 Å². The largest absolute Gasteiger partial charge is 0.354 e. The number of H-pyrrole nitrogens is 1. The SMILES string of the molecule is CCc1cc(=O)[nH]c(-c2ccc(N3CCN(Cc4ccc(C#N)cc4)CC3)nc2)n1. The number of pyridine rings is 1. The van der Waals surface area contributed by atoms with Gasteiger partial charge < -0.3 is 9.88 Å². The van der Waals surface area contributed by atoms with E-state index in [0.29, 0.717) is 11.4 Å². The van der Waals surface area contributed by atoms with E-state index in [4.69, 9.17) is 5.26 Å². The van der Waals surface area contributed by atoms with Crippen LogP contribution in [-0.4, -0.2) is 46.0 Å². The van der Waals surface area contributed by atoms with Crippen LogP contribution in [0.5, 0.6) is 0 Å². The van der Waals surface area contributed by atoms with Crippen molar-refractivity contribution in [3.05, 3.63) is 75.8 Å². The molecule has 0 amide bonds. The van der Waals surface area contributed by atoms with Crippen LogP contribution in [0.25, 0.3) is 11.4 Å². The van der Waals surface area contributed by atoms with Gasteiger partial charge in [-0.1, -0.05) is 19.1 Å². The van der Waals surface area contributed by atoms with Crippen LogP contribution >= 0.6 is 0 Å². The van der Waals surface area contributed by atoms with Crippen molar-refractivity contribution in [3.63, 3.8) is 0 Å². The zero-order valence-corrected chi connectivity index (χ0v) is 17.0. The normalized spacial score (nSPS) is 14.5. The molecule has 0 bridgehead atoms. The first-order valence-electron chi connectivity index (χ1n) is 10.2. The molecular weight excluding hydrogens is 376 g/mol. The number of aryl methyl sites for hydroxylation is 1. The summed E-state index contributed by atoms with van der Waals surface area (Å²) < 4.78 is 0. The average molecular weight is 400 g/mol. The Bertz CT molecular complexity index is 1090. The molecule has 1 saturated heterocycles. The minimum Gasteiger partial charge on any atom is -0.354 e. The molecule has 7 nitrogen and oxygen atoms in total. The highest BCUT2D eigenvalue weighted by Gasteiger charge is 2.18. The fourth-order valence-electron chi connectivity index (χ4n) is 3.62. The van der Waals surface area contributed by atoms with Gasteiger partial charge in [0.2, 0.25) is 0 Å². The van der Waals surface area contributed by atoms with Gasteiger partial charge in [0.15, 0.2) is 0 Å². The van der Waals surface area contributed by atoms with Crippen LogP contribution in [0.3, 0.4) is 0 Å². The van der Waals surface area contributed by atoms with Crippen LogP contribution < -0.4 is 10.5 Å². The van der Waals surface area contributed by atoms with Crippen molar-refractivity contribution in [2.45, 2.75) is 19.9 Å². The number of aromatic nitrogens is 3. The van der Waals surface area contributed by atoms with E-state index in [2.05, 4.69) is 30.8 Å². The summed E-state index contributed by atoms with van der Waals surface area (Å²) in [5.41, 5.74) is 3.36. The Morgan fingerprint density at radius 3 is 2.50 bits per heavy atom. The van der Waals surface area contributed by atoms with Gasteiger partial charge in [0, 0.05) is 56.2 Å². The van der Waals surface area contributed by atoms with Gasteiger partial charge in [-0.15, -0.1) is 0 Å². The van der Waals surface area contributed by atoms with Crippen molar-refractivity contribution in [3.8, 4) is 17.5 Å². The van der Waals surface area contributed by atoms with E-state index >= 15 is 0 Å². The van der Waals surface area contributed by atoms with E-state index in [9.17, 15) is 4.79 Å². The highest BCUT2D eigenvalue weighted by atomic mass is 16.1. The standard InChI is InChI=1S/C23H24N6O/c1-2-20-13-22(30)27-23(26-20)19-7-8-21(25-15-19)29-11-9-28(10-12-29)16-18-5-3-17(14-24)4-6-18/h3-8,13,15H,2,9-12,16H2,1H3,(H,26,27,30). The average Bonchev–Trinajstić information content (AvgIpc) is 2.80. The number of benzene rings is 1. The predicted molar refractivity (Wildman–Crippen MR) is 116 cm³/mol. The summed E-state index contributed by atoms with van der Waals surface area (Å²) in [4.78, 5) is 28.4. The maximum absolute atomic E-state index is 11.8. The molecule has 0 atom stereocenters. The molecule has 7 heteroatoms. The molecule has 1 fully saturated rings. The first kappa shape index (κ1) is 19.8. The summed E-state index contributed by atoms with van der Waals surface area (Å²) in [5, 5.41) is 8.91. The van der Waals surface area contributed by atoms with E-state index < -0.39 is 0 Å². The number of nitriles is 1. The highest BCUT2D eigenvalue weighted by molar-refractivity contribution is 5.56. The fraction of sp³-hybridized carbons (Fsp3) is 0.304. The van der Waals surface area contributed by atoms with Crippen LogP contribution in [0, 0.1) is 11.3 Å². The number of anilines is 1. The Kier molecular flexibility index (Phi) is 5.87. The molecule has 3 aromatic rings. The Morgan fingerprint density at radius 2 is 1.87 bits per heavy atom. The summed E-state index contributed by atoms with van der Waals surface area (Å²) in [7, 11) is 0. The lowest BCUT2D eigenvalue weighted by Crippen LogP contribution is -2.46. The Balaban J connectivity index is 1.37. The number of hydrogen-bond acceptors (Lipinski definition) is 6. The maximum Gasteiger partial charge on any atom is 0.251 e. The van der Waals surface area contributed by atoms with Crippen molar-refractivity contribution in [1.82, 2.24) is 19.9 Å². The topological polar surface area (TPSA) is 88.9 Å². The van der Waals surface area contributed by atoms with Crippen molar-refractivity contribution in [1.29, 1.82) is 5.26 Å². The molecule has 1 aliphatic rings. The molecule has 0 unspecified atom stereocenters. The molecular formula is C23H24N6O. The van der Waals surface area contributed by atoms with Crippen LogP contribution in [-0.2, 0) is 13.0 Å². The van der Waals surface area contributed by atoms with Gasteiger partial charge in [0.1, 0.15) is 11.6 Å². The molecule has 0 saturated carbocycles. The molecule has 0 aliphatic carbocycles. The number of nitrogens with one attached hydrogen (secondary N) is 1. The molecule has 1 aromatic carbocycles. The molecule has 30 heavy (non-hydrogen) atoms. The number of nitrogens with zero attached hydrogens (tertiary/aromatic N) is 5. The Morgan fingerprint density at radius 1 is 1.10 bits per heavy atom. The number of aromatic amines is 1. The zero-order chi connectivity index (χ0) is 20.9. The monoisotopic (exact) mass is 400 g/mol. The molecule has 152 valence electrons. The van der Waals surface area contributed by atoms with E-state index in [0.717, 1.165) is 56.2 Å². The first-order valence-corrected chi connectivity index (χ1v) is 10.2. The number of hydrogen-bond donors (Lipinski definition) is 1. The molecule has 1 aliphatic heterocycles. The highest BCUT2D eigenvalue weighted by Crippen LogP contribution is 2.19. The Labute approximate surface area is 175 Å². The van der Waals surface area contributed by atoms with Crippen molar-refractivity contribution < 1.29 is 0 Å². The summed E-state index contributed by atoms with van der Waals surface area (Å²) in [6.45, 7) is 6.59. The number of rotatable bonds is 5. The van der Waals surface area contributed by atoms with E-state index in [1.807, 2.05) is 43.3 Å². The lowest BCUT2D eigenvalue weighted by Gasteiger charge is -2.35. The van der Waals surface area contributed by atoms with Gasteiger partial charge in [-0.25, -0.2) is 9.97 Å². The molecule has 2 aromatic heterocycles. The third-order valence-electron chi connectivity index (χ3n) is 5.36. The van der Waals surface area contributed by atoms with Gasteiger partial charge in [0.05, 0.1) is 11.6 Å². The summed E-state index contributed by atoms with van der Waals surface area (Å²) in [6.07, 6.45) is 2.49. The van der Waals surface area contributed by atoms with Crippen LogP contribution in [0.4, 0.5) is 5.82 Å². The van der Waals surface area contributed by atoms with Crippen molar-refractivity contribution >= 4 is 5.82 Å². The predicted octanol–water partition coefficient (Wildman–Crippen LogP) is 2.59.